The van der Waals surface area contributed by atoms with E-state index in [0.29, 0.717) is 24.5 Å². The predicted octanol–water partition coefficient (Wildman–Crippen LogP) is 4.44. The minimum absolute atomic E-state index is 0.180. The summed E-state index contributed by atoms with van der Waals surface area (Å²) < 4.78 is 5.52. The molecular formula is C14H13ClO2S. The number of hydrogen-bond acceptors (Lipinski definition) is 3. The standard InChI is InChI=1S/C14H13ClO2S/c15-11-4-1-5-12(10-11)17-8-2-6-13(16)14-7-3-9-18-14/h1,3-5,7,9-10H,2,6,8H2. The molecule has 0 amide bonds. The van der Waals surface area contributed by atoms with Crippen molar-refractivity contribution in [3.63, 3.8) is 0 Å². The Morgan fingerprint density at radius 3 is 2.89 bits per heavy atom. The molecule has 0 aliphatic heterocycles. The van der Waals surface area contributed by atoms with Crippen LogP contribution in [0.2, 0.25) is 5.02 Å². The number of ketones is 1. The minimum Gasteiger partial charge on any atom is -0.494 e. The fourth-order valence-electron chi connectivity index (χ4n) is 1.54. The van der Waals surface area contributed by atoms with Crippen LogP contribution in [-0.4, -0.2) is 12.4 Å². The Kier molecular flexibility index (Phi) is 4.79. The second kappa shape index (κ2) is 6.57. The molecule has 0 bridgehead atoms. The molecule has 0 fully saturated rings. The number of carbonyl (C=O) groups is 1. The van der Waals surface area contributed by atoms with Crippen LogP contribution in [0.1, 0.15) is 22.5 Å². The maximum atomic E-state index is 11.7. The van der Waals surface area contributed by atoms with Gasteiger partial charge in [-0.2, -0.15) is 0 Å². The largest absolute Gasteiger partial charge is 0.494 e. The third kappa shape index (κ3) is 3.86. The smallest absolute Gasteiger partial charge is 0.172 e. The molecule has 2 rings (SSSR count). The lowest BCUT2D eigenvalue weighted by atomic mass is 10.2. The first-order valence-electron chi connectivity index (χ1n) is 5.71. The van der Waals surface area contributed by atoms with Gasteiger partial charge in [0.1, 0.15) is 5.75 Å². The van der Waals surface area contributed by atoms with Gasteiger partial charge in [0.15, 0.2) is 5.78 Å². The summed E-state index contributed by atoms with van der Waals surface area (Å²) in [7, 11) is 0. The number of thiophene rings is 1. The van der Waals surface area contributed by atoms with Gasteiger partial charge in [0.05, 0.1) is 11.5 Å². The Hall–Kier alpha value is -1.32. The van der Waals surface area contributed by atoms with E-state index < -0.39 is 0 Å². The molecule has 0 spiro atoms. The molecule has 0 aliphatic rings. The third-order valence-electron chi connectivity index (χ3n) is 2.41. The van der Waals surface area contributed by atoms with Gasteiger partial charge in [-0.1, -0.05) is 23.7 Å². The summed E-state index contributed by atoms with van der Waals surface area (Å²) >= 11 is 7.32. The topological polar surface area (TPSA) is 26.3 Å². The van der Waals surface area contributed by atoms with Crippen LogP contribution in [0, 0.1) is 0 Å². The molecule has 2 aromatic rings. The Balaban J connectivity index is 1.72. The molecule has 0 unspecified atom stereocenters. The maximum Gasteiger partial charge on any atom is 0.172 e. The second-order valence-electron chi connectivity index (χ2n) is 3.81. The molecule has 1 heterocycles. The van der Waals surface area contributed by atoms with Crippen molar-refractivity contribution in [1.82, 2.24) is 0 Å². The summed E-state index contributed by atoms with van der Waals surface area (Å²) in [6.07, 6.45) is 1.23. The summed E-state index contributed by atoms with van der Waals surface area (Å²) in [6.45, 7) is 0.525. The summed E-state index contributed by atoms with van der Waals surface area (Å²) in [6, 6.07) is 11.0. The van der Waals surface area contributed by atoms with Crippen molar-refractivity contribution in [1.29, 1.82) is 0 Å². The summed E-state index contributed by atoms with van der Waals surface area (Å²) in [5, 5.41) is 2.57. The molecule has 0 atom stereocenters. The molecule has 0 saturated carbocycles. The first-order valence-corrected chi connectivity index (χ1v) is 6.96. The molecule has 4 heteroatoms. The van der Waals surface area contributed by atoms with Crippen LogP contribution in [0.25, 0.3) is 0 Å². The fraction of sp³-hybridized carbons (Fsp3) is 0.214. The van der Waals surface area contributed by atoms with Gasteiger partial charge in [0, 0.05) is 11.4 Å². The Labute approximate surface area is 115 Å². The van der Waals surface area contributed by atoms with Crippen molar-refractivity contribution in [3.8, 4) is 5.75 Å². The molecule has 1 aromatic carbocycles. The van der Waals surface area contributed by atoms with Gasteiger partial charge in [-0.25, -0.2) is 0 Å². The van der Waals surface area contributed by atoms with E-state index >= 15 is 0 Å². The quantitative estimate of drug-likeness (QED) is 0.577. The van der Waals surface area contributed by atoms with Gasteiger partial charge in [-0.15, -0.1) is 11.3 Å². The molecule has 18 heavy (non-hydrogen) atoms. The van der Waals surface area contributed by atoms with Crippen LogP contribution in [-0.2, 0) is 0 Å². The van der Waals surface area contributed by atoms with E-state index in [0.717, 1.165) is 10.6 Å². The zero-order chi connectivity index (χ0) is 12.8. The molecule has 0 N–H and O–H groups in total. The highest BCUT2D eigenvalue weighted by molar-refractivity contribution is 7.12. The molecule has 0 radical (unpaired) electrons. The average molecular weight is 281 g/mol. The van der Waals surface area contributed by atoms with Crippen LogP contribution < -0.4 is 4.74 Å². The summed E-state index contributed by atoms with van der Waals surface area (Å²) in [4.78, 5) is 12.5. The molecule has 2 nitrogen and oxygen atoms in total. The summed E-state index contributed by atoms with van der Waals surface area (Å²) in [5.41, 5.74) is 0. The lowest BCUT2D eigenvalue weighted by molar-refractivity contribution is 0.0977. The van der Waals surface area contributed by atoms with Gasteiger partial charge < -0.3 is 4.74 Å². The number of halogens is 1. The number of carbonyl (C=O) groups excluding carboxylic acids is 1. The zero-order valence-corrected chi connectivity index (χ0v) is 11.3. The van der Waals surface area contributed by atoms with E-state index in [4.69, 9.17) is 16.3 Å². The van der Waals surface area contributed by atoms with Gasteiger partial charge in [-0.3, -0.25) is 4.79 Å². The number of rotatable bonds is 6. The van der Waals surface area contributed by atoms with E-state index in [1.54, 1.807) is 12.1 Å². The van der Waals surface area contributed by atoms with E-state index in [9.17, 15) is 4.79 Å². The first-order chi connectivity index (χ1) is 8.75. The Morgan fingerprint density at radius 1 is 1.28 bits per heavy atom. The molecule has 0 saturated heterocycles. The van der Waals surface area contributed by atoms with Gasteiger partial charge >= 0.3 is 0 Å². The van der Waals surface area contributed by atoms with E-state index in [1.807, 2.05) is 29.6 Å². The highest BCUT2D eigenvalue weighted by Gasteiger charge is 2.06. The number of ether oxygens (including phenoxy) is 1. The number of Topliss-reactive ketones (excluding diaryl/α,β-unsaturated/α-hetero) is 1. The van der Waals surface area contributed by atoms with Crippen molar-refractivity contribution in [3.05, 3.63) is 51.7 Å². The SMILES string of the molecule is O=C(CCCOc1cccc(Cl)c1)c1cccs1. The Morgan fingerprint density at radius 2 is 2.17 bits per heavy atom. The normalized spacial score (nSPS) is 10.3. The average Bonchev–Trinajstić information content (AvgIpc) is 2.88. The van der Waals surface area contributed by atoms with E-state index in [2.05, 4.69) is 0 Å². The van der Waals surface area contributed by atoms with E-state index in [-0.39, 0.29) is 5.78 Å². The van der Waals surface area contributed by atoms with Crippen molar-refractivity contribution in [2.75, 3.05) is 6.61 Å². The maximum absolute atomic E-state index is 11.7. The minimum atomic E-state index is 0.180. The number of hydrogen-bond donors (Lipinski definition) is 0. The van der Waals surface area contributed by atoms with Crippen molar-refractivity contribution >= 4 is 28.7 Å². The summed E-state index contributed by atoms with van der Waals surface area (Å²) in [5.74, 6) is 0.922. The lowest BCUT2D eigenvalue weighted by Gasteiger charge is -2.05. The predicted molar refractivity (Wildman–Crippen MR) is 74.8 cm³/mol. The second-order valence-corrected chi connectivity index (χ2v) is 5.19. The zero-order valence-electron chi connectivity index (χ0n) is 9.77. The Bertz CT molecular complexity index is 508. The number of benzene rings is 1. The fourth-order valence-corrected chi connectivity index (χ4v) is 2.41. The van der Waals surface area contributed by atoms with Crippen LogP contribution in [0.5, 0.6) is 5.75 Å². The van der Waals surface area contributed by atoms with Crippen LogP contribution >= 0.6 is 22.9 Å². The first kappa shape index (κ1) is 13.1. The highest BCUT2D eigenvalue weighted by atomic mass is 35.5. The molecule has 0 aliphatic carbocycles. The van der Waals surface area contributed by atoms with Crippen molar-refractivity contribution < 1.29 is 9.53 Å². The van der Waals surface area contributed by atoms with Crippen molar-refractivity contribution in [2.24, 2.45) is 0 Å². The lowest BCUT2D eigenvalue weighted by Crippen LogP contribution is -2.02. The van der Waals surface area contributed by atoms with Gasteiger partial charge in [0.25, 0.3) is 0 Å². The van der Waals surface area contributed by atoms with E-state index in [1.165, 1.54) is 11.3 Å². The van der Waals surface area contributed by atoms with Crippen LogP contribution in [0.4, 0.5) is 0 Å². The third-order valence-corrected chi connectivity index (χ3v) is 3.55. The molecular weight excluding hydrogens is 268 g/mol. The van der Waals surface area contributed by atoms with Gasteiger partial charge in [-0.05, 0) is 36.1 Å². The van der Waals surface area contributed by atoms with Crippen LogP contribution in [0.15, 0.2) is 41.8 Å². The van der Waals surface area contributed by atoms with Gasteiger partial charge in [0.2, 0.25) is 0 Å². The van der Waals surface area contributed by atoms with Crippen molar-refractivity contribution in [2.45, 2.75) is 12.8 Å². The molecule has 1 aromatic heterocycles. The molecule has 94 valence electrons. The highest BCUT2D eigenvalue weighted by Crippen LogP contribution is 2.18. The van der Waals surface area contributed by atoms with Crippen LogP contribution in [0.3, 0.4) is 0 Å². The monoisotopic (exact) mass is 280 g/mol.